The van der Waals surface area contributed by atoms with E-state index in [0.717, 1.165) is 0 Å². The highest BCUT2D eigenvalue weighted by atomic mass is 16.1. The molecule has 0 radical (unpaired) electrons. The van der Waals surface area contributed by atoms with Gasteiger partial charge >= 0.3 is 0 Å². The van der Waals surface area contributed by atoms with E-state index in [1.807, 2.05) is 30.3 Å². The van der Waals surface area contributed by atoms with Gasteiger partial charge in [-0.3, -0.25) is 4.79 Å². The standard InChI is InChI=1S/C11H16N2O/c1-9(14)13-8-11(7-12)10-5-3-2-4-6-10/h2-6,11H,7-8,12H2,1H3,(H,13,14). The predicted octanol–water partition coefficient (Wildman–Crippen LogP) is 0.865. The molecule has 0 aliphatic carbocycles. The van der Waals surface area contributed by atoms with Gasteiger partial charge in [0.25, 0.3) is 0 Å². The Morgan fingerprint density at radius 2 is 2.07 bits per heavy atom. The Kier molecular flexibility index (Phi) is 4.13. The van der Waals surface area contributed by atoms with Crippen molar-refractivity contribution in [3.8, 4) is 0 Å². The number of carbonyl (C=O) groups excluding carboxylic acids is 1. The fourth-order valence-corrected chi connectivity index (χ4v) is 1.33. The Bertz CT molecular complexity index is 285. The van der Waals surface area contributed by atoms with Crippen LogP contribution in [0.25, 0.3) is 0 Å². The van der Waals surface area contributed by atoms with E-state index in [1.54, 1.807) is 0 Å². The van der Waals surface area contributed by atoms with Crippen LogP contribution in [0, 0.1) is 0 Å². The second-order valence-electron chi connectivity index (χ2n) is 3.28. The lowest BCUT2D eigenvalue weighted by Crippen LogP contribution is -2.29. The summed E-state index contributed by atoms with van der Waals surface area (Å²) >= 11 is 0. The summed E-state index contributed by atoms with van der Waals surface area (Å²) < 4.78 is 0. The van der Waals surface area contributed by atoms with Gasteiger partial charge < -0.3 is 11.1 Å². The first-order valence-corrected chi connectivity index (χ1v) is 4.73. The van der Waals surface area contributed by atoms with Gasteiger partial charge in [-0.2, -0.15) is 0 Å². The van der Waals surface area contributed by atoms with Gasteiger partial charge in [0.1, 0.15) is 0 Å². The molecule has 14 heavy (non-hydrogen) atoms. The van der Waals surface area contributed by atoms with Crippen LogP contribution in [-0.2, 0) is 4.79 Å². The first-order chi connectivity index (χ1) is 6.74. The number of rotatable bonds is 4. The highest BCUT2D eigenvalue weighted by molar-refractivity contribution is 5.72. The van der Waals surface area contributed by atoms with E-state index < -0.39 is 0 Å². The van der Waals surface area contributed by atoms with Crippen LogP contribution < -0.4 is 11.1 Å². The molecule has 0 saturated carbocycles. The zero-order valence-electron chi connectivity index (χ0n) is 8.36. The van der Waals surface area contributed by atoms with Crippen molar-refractivity contribution in [1.29, 1.82) is 0 Å². The van der Waals surface area contributed by atoms with E-state index in [0.29, 0.717) is 13.1 Å². The largest absolute Gasteiger partial charge is 0.356 e. The van der Waals surface area contributed by atoms with Crippen molar-refractivity contribution >= 4 is 5.91 Å². The zero-order chi connectivity index (χ0) is 10.4. The van der Waals surface area contributed by atoms with Gasteiger partial charge in [0.15, 0.2) is 0 Å². The topological polar surface area (TPSA) is 55.1 Å². The second kappa shape index (κ2) is 5.40. The minimum absolute atomic E-state index is 0.0145. The molecule has 0 aromatic heterocycles. The molecular formula is C11H16N2O. The highest BCUT2D eigenvalue weighted by Gasteiger charge is 2.08. The molecule has 0 saturated heterocycles. The summed E-state index contributed by atoms with van der Waals surface area (Å²) in [5, 5.41) is 2.78. The molecule has 1 rings (SSSR count). The van der Waals surface area contributed by atoms with Gasteiger partial charge in [0, 0.05) is 25.9 Å². The average molecular weight is 192 g/mol. The lowest BCUT2D eigenvalue weighted by Gasteiger charge is -2.15. The highest BCUT2D eigenvalue weighted by Crippen LogP contribution is 2.12. The lowest BCUT2D eigenvalue weighted by molar-refractivity contribution is -0.119. The Morgan fingerprint density at radius 1 is 1.43 bits per heavy atom. The molecule has 0 aliphatic heterocycles. The van der Waals surface area contributed by atoms with Gasteiger partial charge in [0.05, 0.1) is 0 Å². The fourth-order valence-electron chi connectivity index (χ4n) is 1.33. The van der Waals surface area contributed by atoms with Crippen LogP contribution in [0.3, 0.4) is 0 Å². The van der Waals surface area contributed by atoms with Crippen molar-refractivity contribution in [2.24, 2.45) is 5.73 Å². The molecule has 3 heteroatoms. The summed E-state index contributed by atoms with van der Waals surface area (Å²) in [5.41, 5.74) is 6.81. The van der Waals surface area contributed by atoms with Gasteiger partial charge in [0.2, 0.25) is 5.91 Å². The van der Waals surface area contributed by atoms with Crippen molar-refractivity contribution in [2.75, 3.05) is 13.1 Å². The number of amides is 1. The maximum atomic E-state index is 10.7. The molecule has 3 nitrogen and oxygen atoms in total. The first-order valence-electron chi connectivity index (χ1n) is 4.73. The van der Waals surface area contributed by atoms with Crippen LogP contribution in [0.5, 0.6) is 0 Å². The average Bonchev–Trinajstić information content (AvgIpc) is 2.20. The molecule has 0 heterocycles. The van der Waals surface area contributed by atoms with Crippen molar-refractivity contribution in [3.05, 3.63) is 35.9 Å². The van der Waals surface area contributed by atoms with Crippen LogP contribution in [0.4, 0.5) is 0 Å². The van der Waals surface area contributed by atoms with E-state index in [1.165, 1.54) is 12.5 Å². The summed E-state index contributed by atoms with van der Waals surface area (Å²) in [6.07, 6.45) is 0. The number of nitrogens with one attached hydrogen (secondary N) is 1. The smallest absolute Gasteiger partial charge is 0.216 e. The van der Waals surface area contributed by atoms with Crippen LogP contribution in [0.2, 0.25) is 0 Å². The van der Waals surface area contributed by atoms with Gasteiger partial charge in [-0.05, 0) is 5.56 Å². The van der Waals surface area contributed by atoms with Gasteiger partial charge in [-0.25, -0.2) is 0 Å². The second-order valence-corrected chi connectivity index (χ2v) is 3.28. The number of hydrogen-bond acceptors (Lipinski definition) is 2. The van der Waals surface area contributed by atoms with Crippen molar-refractivity contribution in [2.45, 2.75) is 12.8 Å². The maximum Gasteiger partial charge on any atom is 0.216 e. The maximum absolute atomic E-state index is 10.7. The Balaban J connectivity index is 2.58. The number of hydrogen-bond donors (Lipinski definition) is 2. The summed E-state index contributed by atoms with van der Waals surface area (Å²) in [7, 11) is 0. The molecular weight excluding hydrogens is 176 g/mol. The summed E-state index contributed by atoms with van der Waals surface area (Å²) in [4.78, 5) is 10.7. The molecule has 3 N–H and O–H groups in total. The molecule has 0 aliphatic rings. The van der Waals surface area contributed by atoms with Crippen molar-refractivity contribution in [1.82, 2.24) is 5.32 Å². The monoisotopic (exact) mass is 192 g/mol. The van der Waals surface area contributed by atoms with E-state index in [4.69, 9.17) is 5.73 Å². The minimum atomic E-state index is -0.0145. The van der Waals surface area contributed by atoms with Crippen LogP contribution >= 0.6 is 0 Å². The third-order valence-corrected chi connectivity index (χ3v) is 2.15. The third kappa shape index (κ3) is 3.18. The first kappa shape index (κ1) is 10.7. The van der Waals surface area contributed by atoms with Crippen LogP contribution in [0.15, 0.2) is 30.3 Å². The summed E-state index contributed by atoms with van der Waals surface area (Å²) in [6.45, 7) is 2.67. The lowest BCUT2D eigenvalue weighted by atomic mass is 9.99. The van der Waals surface area contributed by atoms with Crippen molar-refractivity contribution in [3.63, 3.8) is 0 Å². The zero-order valence-corrected chi connectivity index (χ0v) is 8.36. The molecule has 1 aromatic carbocycles. The summed E-state index contributed by atoms with van der Waals surface area (Å²) in [5.74, 6) is 0.194. The van der Waals surface area contributed by atoms with Gasteiger partial charge in [-0.15, -0.1) is 0 Å². The SMILES string of the molecule is CC(=O)NCC(CN)c1ccccc1. The number of nitrogens with two attached hydrogens (primary N) is 1. The fraction of sp³-hybridized carbons (Fsp3) is 0.364. The van der Waals surface area contributed by atoms with Gasteiger partial charge in [-0.1, -0.05) is 30.3 Å². The van der Waals surface area contributed by atoms with E-state index in [2.05, 4.69) is 5.32 Å². The number of benzene rings is 1. The molecule has 76 valence electrons. The Morgan fingerprint density at radius 3 is 2.57 bits per heavy atom. The van der Waals surface area contributed by atoms with Crippen LogP contribution in [0.1, 0.15) is 18.4 Å². The van der Waals surface area contributed by atoms with E-state index in [-0.39, 0.29) is 11.8 Å². The molecule has 0 bridgehead atoms. The number of carbonyl (C=O) groups is 1. The molecule has 1 amide bonds. The van der Waals surface area contributed by atoms with E-state index >= 15 is 0 Å². The molecule has 0 spiro atoms. The molecule has 0 fully saturated rings. The van der Waals surface area contributed by atoms with E-state index in [9.17, 15) is 4.79 Å². The normalized spacial score (nSPS) is 12.1. The molecule has 1 aromatic rings. The quantitative estimate of drug-likeness (QED) is 0.743. The van der Waals surface area contributed by atoms with Crippen molar-refractivity contribution < 1.29 is 4.79 Å². The summed E-state index contributed by atoms with van der Waals surface area (Å²) in [6, 6.07) is 9.98. The third-order valence-electron chi connectivity index (χ3n) is 2.15. The molecule has 1 atom stereocenters. The Hall–Kier alpha value is -1.35. The van der Waals surface area contributed by atoms with Crippen LogP contribution in [-0.4, -0.2) is 19.0 Å². The Labute approximate surface area is 84.3 Å². The minimum Gasteiger partial charge on any atom is -0.356 e. The molecule has 1 unspecified atom stereocenters. The predicted molar refractivity (Wildman–Crippen MR) is 56.9 cm³/mol.